The Morgan fingerprint density at radius 3 is 3.33 bits per heavy atom. The van der Waals surface area contributed by atoms with E-state index in [-0.39, 0.29) is 0 Å². The number of aromatic amines is 1. The lowest BCUT2D eigenvalue weighted by molar-refractivity contribution is 0.251. The van der Waals surface area contributed by atoms with Crippen LogP contribution in [0.4, 0.5) is 0 Å². The number of hydrogen-bond donors (Lipinski definition) is 2. The molecule has 2 N–H and O–H groups in total. The minimum Gasteiger partial charge on any atom is -0.475 e. The predicted molar refractivity (Wildman–Crippen MR) is 42.9 cm³/mol. The van der Waals surface area contributed by atoms with E-state index in [2.05, 4.69) is 20.7 Å². The molecule has 0 radical (unpaired) electrons. The number of H-pyrrole nitrogens is 1. The molecular formula is C7H12N4O. The van der Waals surface area contributed by atoms with E-state index >= 15 is 0 Å². The normalized spacial score (nSPS) is 22.8. The van der Waals surface area contributed by atoms with Gasteiger partial charge in [-0.05, 0) is 13.0 Å². The van der Waals surface area contributed by atoms with Crippen LogP contribution in [-0.2, 0) is 0 Å². The second-order valence-electron chi connectivity index (χ2n) is 2.98. The Balaban J connectivity index is 1.74. The van der Waals surface area contributed by atoms with Crippen molar-refractivity contribution in [1.82, 2.24) is 20.7 Å². The van der Waals surface area contributed by atoms with Gasteiger partial charge >= 0.3 is 0 Å². The maximum atomic E-state index is 5.39. The van der Waals surface area contributed by atoms with Gasteiger partial charge in [0.15, 0.2) is 0 Å². The summed E-state index contributed by atoms with van der Waals surface area (Å²) in [5.41, 5.74) is 0. The molecule has 5 nitrogen and oxygen atoms in total. The van der Waals surface area contributed by atoms with Gasteiger partial charge in [0, 0.05) is 12.5 Å². The fraction of sp³-hybridized carbons (Fsp3) is 0.714. The highest BCUT2D eigenvalue weighted by molar-refractivity contribution is 4.97. The van der Waals surface area contributed by atoms with E-state index in [1.165, 1.54) is 6.42 Å². The summed E-state index contributed by atoms with van der Waals surface area (Å²) in [4.78, 5) is 0. The number of ether oxygens (including phenoxy) is 1. The van der Waals surface area contributed by atoms with Gasteiger partial charge in [-0.1, -0.05) is 0 Å². The zero-order valence-electron chi connectivity index (χ0n) is 6.79. The predicted octanol–water partition coefficient (Wildman–Crippen LogP) is -0.207. The van der Waals surface area contributed by atoms with Gasteiger partial charge in [-0.25, -0.2) is 0 Å². The molecule has 2 heterocycles. The van der Waals surface area contributed by atoms with Crippen LogP contribution in [0.5, 0.6) is 5.88 Å². The third kappa shape index (κ3) is 1.73. The second-order valence-corrected chi connectivity index (χ2v) is 2.98. The van der Waals surface area contributed by atoms with E-state index in [4.69, 9.17) is 4.74 Å². The molecule has 12 heavy (non-hydrogen) atoms. The van der Waals surface area contributed by atoms with E-state index < -0.39 is 0 Å². The largest absolute Gasteiger partial charge is 0.475 e. The molecule has 0 saturated carbocycles. The Morgan fingerprint density at radius 1 is 1.67 bits per heavy atom. The molecule has 1 aromatic rings. The molecule has 0 aliphatic carbocycles. The zero-order valence-corrected chi connectivity index (χ0v) is 6.79. The van der Waals surface area contributed by atoms with Crippen molar-refractivity contribution in [2.45, 2.75) is 6.42 Å². The molecule has 0 spiro atoms. The third-order valence-electron chi connectivity index (χ3n) is 2.02. The SMILES string of the molecule is c1n[nH]nc1OCC1CCNC1. The molecule has 2 rings (SSSR count). The van der Waals surface area contributed by atoms with Crippen LogP contribution in [0.25, 0.3) is 0 Å². The average molecular weight is 168 g/mol. The lowest BCUT2D eigenvalue weighted by atomic mass is 10.1. The van der Waals surface area contributed by atoms with Gasteiger partial charge in [0.1, 0.15) is 6.20 Å². The van der Waals surface area contributed by atoms with E-state index in [0.29, 0.717) is 11.8 Å². The van der Waals surface area contributed by atoms with Crippen LogP contribution in [-0.4, -0.2) is 35.1 Å². The first-order valence-electron chi connectivity index (χ1n) is 4.14. The fourth-order valence-electron chi connectivity index (χ4n) is 1.32. The van der Waals surface area contributed by atoms with Gasteiger partial charge in [0.25, 0.3) is 5.88 Å². The number of nitrogens with one attached hydrogen (secondary N) is 2. The van der Waals surface area contributed by atoms with Gasteiger partial charge in [0.05, 0.1) is 6.61 Å². The minimum absolute atomic E-state index is 0.585. The minimum atomic E-state index is 0.585. The van der Waals surface area contributed by atoms with Gasteiger partial charge in [-0.3, -0.25) is 0 Å². The van der Waals surface area contributed by atoms with Crippen molar-refractivity contribution in [3.63, 3.8) is 0 Å². The lowest BCUT2D eigenvalue weighted by Crippen LogP contribution is -2.15. The summed E-state index contributed by atoms with van der Waals surface area (Å²) in [5, 5.41) is 13.2. The Labute approximate surface area is 70.5 Å². The van der Waals surface area contributed by atoms with Crippen LogP contribution in [0.3, 0.4) is 0 Å². The van der Waals surface area contributed by atoms with Crippen LogP contribution in [0.2, 0.25) is 0 Å². The first-order chi connectivity index (χ1) is 5.95. The fourth-order valence-corrected chi connectivity index (χ4v) is 1.32. The van der Waals surface area contributed by atoms with Crippen molar-refractivity contribution in [3.05, 3.63) is 6.20 Å². The van der Waals surface area contributed by atoms with Gasteiger partial charge < -0.3 is 10.1 Å². The summed E-state index contributed by atoms with van der Waals surface area (Å²) < 4.78 is 5.39. The average Bonchev–Trinajstić information content (AvgIpc) is 2.74. The molecule has 1 aliphatic heterocycles. The maximum Gasteiger partial charge on any atom is 0.253 e. The summed E-state index contributed by atoms with van der Waals surface area (Å²) in [7, 11) is 0. The molecule has 1 fully saturated rings. The molecule has 1 unspecified atom stereocenters. The second kappa shape index (κ2) is 3.53. The van der Waals surface area contributed by atoms with Gasteiger partial charge in [0.2, 0.25) is 0 Å². The van der Waals surface area contributed by atoms with Crippen LogP contribution >= 0.6 is 0 Å². The van der Waals surface area contributed by atoms with E-state index in [1.54, 1.807) is 6.20 Å². The van der Waals surface area contributed by atoms with Crippen LogP contribution in [0, 0.1) is 5.92 Å². The molecule has 1 aromatic heterocycles. The monoisotopic (exact) mass is 168 g/mol. The van der Waals surface area contributed by atoms with Gasteiger partial charge in [-0.15, -0.1) is 5.10 Å². The molecule has 1 atom stereocenters. The van der Waals surface area contributed by atoms with Crippen molar-refractivity contribution in [3.8, 4) is 5.88 Å². The molecule has 0 bridgehead atoms. The van der Waals surface area contributed by atoms with E-state index in [0.717, 1.165) is 19.7 Å². The van der Waals surface area contributed by atoms with Crippen LogP contribution in [0.1, 0.15) is 6.42 Å². The van der Waals surface area contributed by atoms with Crippen molar-refractivity contribution >= 4 is 0 Å². The smallest absolute Gasteiger partial charge is 0.253 e. The molecule has 1 aliphatic rings. The molecule has 1 saturated heterocycles. The molecule has 0 amide bonds. The number of aromatic nitrogens is 3. The van der Waals surface area contributed by atoms with Crippen molar-refractivity contribution in [1.29, 1.82) is 0 Å². The zero-order chi connectivity index (χ0) is 8.23. The van der Waals surface area contributed by atoms with Crippen molar-refractivity contribution < 1.29 is 4.74 Å². The highest BCUT2D eigenvalue weighted by atomic mass is 16.5. The van der Waals surface area contributed by atoms with Crippen molar-refractivity contribution in [2.24, 2.45) is 5.92 Å². The Bertz CT molecular complexity index is 217. The Hall–Kier alpha value is -1.10. The third-order valence-corrected chi connectivity index (χ3v) is 2.02. The molecule has 5 heteroatoms. The highest BCUT2D eigenvalue weighted by Crippen LogP contribution is 2.09. The van der Waals surface area contributed by atoms with Crippen LogP contribution < -0.4 is 10.1 Å². The quantitative estimate of drug-likeness (QED) is 0.655. The lowest BCUT2D eigenvalue weighted by Gasteiger charge is -2.06. The number of rotatable bonds is 3. The first kappa shape index (κ1) is 7.54. The highest BCUT2D eigenvalue weighted by Gasteiger charge is 2.15. The molecular weight excluding hydrogens is 156 g/mol. The maximum absolute atomic E-state index is 5.39. The Kier molecular flexibility index (Phi) is 2.22. The topological polar surface area (TPSA) is 62.8 Å². The number of nitrogens with zero attached hydrogens (tertiary/aromatic N) is 2. The summed E-state index contributed by atoms with van der Waals surface area (Å²) in [6.45, 7) is 2.89. The Morgan fingerprint density at radius 2 is 2.67 bits per heavy atom. The van der Waals surface area contributed by atoms with Crippen LogP contribution in [0.15, 0.2) is 6.20 Å². The first-order valence-corrected chi connectivity index (χ1v) is 4.14. The van der Waals surface area contributed by atoms with Crippen molar-refractivity contribution in [2.75, 3.05) is 19.7 Å². The summed E-state index contributed by atoms with van der Waals surface area (Å²) in [6.07, 6.45) is 2.78. The molecule has 66 valence electrons. The van der Waals surface area contributed by atoms with Gasteiger partial charge in [-0.2, -0.15) is 10.3 Å². The molecule has 0 aromatic carbocycles. The summed E-state index contributed by atoms with van der Waals surface area (Å²) in [6, 6.07) is 0. The number of hydrogen-bond acceptors (Lipinski definition) is 4. The van der Waals surface area contributed by atoms with E-state index in [9.17, 15) is 0 Å². The standard InChI is InChI=1S/C7H12N4O/c1-2-8-3-6(1)5-12-7-4-9-11-10-7/h4,6,8H,1-3,5H2,(H,9,10,11). The summed E-state index contributed by atoms with van der Waals surface area (Å²) >= 11 is 0. The summed E-state index contributed by atoms with van der Waals surface area (Å²) in [5.74, 6) is 1.21. The van der Waals surface area contributed by atoms with E-state index in [1.807, 2.05) is 0 Å².